The van der Waals surface area contributed by atoms with Crippen LogP contribution in [0, 0.1) is 22.7 Å². The number of rotatable bonds is 3. The summed E-state index contributed by atoms with van der Waals surface area (Å²) in [5.41, 5.74) is -1.21. The summed E-state index contributed by atoms with van der Waals surface area (Å²) in [6.45, 7) is 7.44. The van der Waals surface area contributed by atoms with Gasteiger partial charge in [-0.2, -0.15) is 0 Å². The molecule has 5 aliphatic rings. The fraction of sp³-hybridized carbons (Fsp3) is 0.828. The Morgan fingerprint density at radius 2 is 1.81 bits per heavy atom. The van der Waals surface area contributed by atoms with E-state index in [0.29, 0.717) is 12.0 Å². The molecule has 0 amide bonds. The Morgan fingerprint density at radius 3 is 2.56 bits per heavy atom. The molecule has 5 fully saturated rings. The minimum absolute atomic E-state index is 0.121. The Balaban J connectivity index is 1.24. The van der Waals surface area contributed by atoms with Crippen LogP contribution >= 0.6 is 0 Å². The first-order chi connectivity index (χ1) is 17.1. The average molecular weight is 501 g/mol. The van der Waals surface area contributed by atoms with Crippen molar-refractivity contribution in [2.24, 2.45) is 22.7 Å². The van der Waals surface area contributed by atoms with E-state index in [9.17, 15) is 20.1 Å². The van der Waals surface area contributed by atoms with Crippen LogP contribution in [0.1, 0.15) is 83.1 Å². The number of fused-ring (bicyclic) bond motifs is 5. The Labute approximate surface area is 214 Å². The van der Waals surface area contributed by atoms with Gasteiger partial charge in [-0.3, -0.25) is 4.90 Å². The average Bonchev–Trinajstić information content (AvgIpc) is 3.16. The lowest BCUT2D eigenvalue weighted by Crippen LogP contribution is -2.68. The molecule has 4 saturated carbocycles. The van der Waals surface area contributed by atoms with Gasteiger partial charge in [0.1, 0.15) is 0 Å². The van der Waals surface area contributed by atoms with Gasteiger partial charge in [-0.25, -0.2) is 4.79 Å². The van der Waals surface area contributed by atoms with E-state index in [0.717, 1.165) is 83.0 Å². The normalized spacial score (nSPS) is 49.2. The summed E-state index contributed by atoms with van der Waals surface area (Å²) in [6.07, 6.45) is 9.72. The molecule has 7 nitrogen and oxygen atoms in total. The van der Waals surface area contributed by atoms with Crippen molar-refractivity contribution < 1.29 is 19.7 Å². The summed E-state index contributed by atoms with van der Waals surface area (Å²) < 4.78 is 5.22. The van der Waals surface area contributed by atoms with Gasteiger partial charge in [-0.05, 0) is 92.6 Å². The van der Waals surface area contributed by atoms with Crippen LogP contribution in [0.4, 0.5) is 0 Å². The molecule has 1 unspecified atom stereocenters. The number of aliphatic hydroxyl groups is 3. The van der Waals surface area contributed by atoms with E-state index in [2.05, 4.69) is 24.1 Å². The lowest BCUT2D eigenvalue weighted by atomic mass is 9.41. The number of nitrogens with zero attached hydrogens (tertiary/aromatic N) is 1. The summed E-state index contributed by atoms with van der Waals surface area (Å²) >= 11 is 0. The summed E-state index contributed by atoms with van der Waals surface area (Å²) in [4.78, 5) is 14.0. The van der Waals surface area contributed by atoms with Crippen LogP contribution in [0.25, 0.3) is 0 Å². The molecule has 0 radical (unpaired) electrons. The van der Waals surface area contributed by atoms with E-state index < -0.39 is 11.2 Å². The summed E-state index contributed by atoms with van der Waals surface area (Å²) in [5, 5.41) is 37.7. The van der Waals surface area contributed by atoms with Gasteiger partial charge in [0.05, 0.1) is 24.1 Å². The van der Waals surface area contributed by atoms with Crippen LogP contribution in [0.5, 0.6) is 0 Å². The lowest BCUT2D eigenvalue weighted by Gasteiger charge is -2.66. The van der Waals surface area contributed by atoms with Gasteiger partial charge < -0.3 is 25.1 Å². The molecule has 200 valence electrons. The smallest absolute Gasteiger partial charge is 0.335 e. The molecule has 4 N–H and O–H groups in total. The van der Waals surface area contributed by atoms with Crippen molar-refractivity contribution in [1.82, 2.24) is 10.2 Å². The molecule has 36 heavy (non-hydrogen) atoms. The maximum absolute atomic E-state index is 12.4. The monoisotopic (exact) mass is 500 g/mol. The molecular formula is C29H44N2O5. The van der Waals surface area contributed by atoms with Gasteiger partial charge in [0.25, 0.3) is 0 Å². The second-order valence-electron chi connectivity index (χ2n) is 13.3. The molecule has 1 aliphatic heterocycles. The highest BCUT2D eigenvalue weighted by atomic mass is 16.4. The third-order valence-corrected chi connectivity index (χ3v) is 12.1. The highest BCUT2D eigenvalue weighted by molar-refractivity contribution is 5.28. The van der Waals surface area contributed by atoms with Crippen molar-refractivity contribution in [2.45, 2.75) is 101 Å². The minimum atomic E-state index is -0.759. The van der Waals surface area contributed by atoms with Gasteiger partial charge >= 0.3 is 5.63 Å². The van der Waals surface area contributed by atoms with Crippen LogP contribution in [0.2, 0.25) is 0 Å². The van der Waals surface area contributed by atoms with Crippen LogP contribution < -0.4 is 10.9 Å². The Bertz CT molecular complexity index is 1030. The maximum atomic E-state index is 12.4. The molecule has 0 bridgehead atoms. The van der Waals surface area contributed by atoms with Gasteiger partial charge in [0.2, 0.25) is 0 Å². The van der Waals surface area contributed by atoms with Crippen LogP contribution in [0.15, 0.2) is 27.6 Å². The number of aliphatic hydroxyl groups excluding tert-OH is 1. The first kappa shape index (κ1) is 25.1. The summed E-state index contributed by atoms with van der Waals surface area (Å²) in [6, 6.07) is 3.87. The molecule has 7 heteroatoms. The quantitative estimate of drug-likeness (QED) is 0.506. The second kappa shape index (κ2) is 8.63. The molecule has 0 aromatic carbocycles. The van der Waals surface area contributed by atoms with Crippen molar-refractivity contribution in [3.05, 3.63) is 34.4 Å². The van der Waals surface area contributed by atoms with Crippen molar-refractivity contribution in [3.63, 3.8) is 0 Å². The topological polar surface area (TPSA) is 106 Å². The standard InChI is InChI=1S/C29H44N2O5/c1-26-9-5-21(31-14-13-30-20(16-31)17-32)15-28(26,34)11-7-24-23(26)6-10-27(2)22(8-12-29(24,27)35)19-3-4-25(33)36-18-19/h3-4,18,20-24,30,32,34-35H,5-17H2,1-2H3/t20?,21-,22+,23-,24+,26+,27+,28-,29-/m0/s1. The molecule has 0 spiro atoms. The molecule has 4 aliphatic carbocycles. The Hall–Kier alpha value is -1.25. The fourth-order valence-corrected chi connectivity index (χ4v) is 9.92. The van der Waals surface area contributed by atoms with Gasteiger partial charge in [0.15, 0.2) is 0 Å². The van der Waals surface area contributed by atoms with Crippen molar-refractivity contribution in [2.75, 3.05) is 26.2 Å². The van der Waals surface area contributed by atoms with E-state index in [4.69, 9.17) is 4.42 Å². The predicted molar refractivity (Wildman–Crippen MR) is 137 cm³/mol. The SMILES string of the molecule is C[C@]12CC[C@H](N3CCNC(CO)C3)C[C@@]1(O)CC[C@@H]1[C@@H]2CC[C@]2(C)[C@@H](c3ccc(=O)oc3)CC[C@]12O. The molecule has 1 aromatic heterocycles. The third kappa shape index (κ3) is 3.46. The van der Waals surface area contributed by atoms with E-state index >= 15 is 0 Å². The van der Waals surface area contributed by atoms with E-state index in [1.54, 1.807) is 6.26 Å². The molecule has 1 saturated heterocycles. The maximum Gasteiger partial charge on any atom is 0.335 e. The number of hydrogen-bond acceptors (Lipinski definition) is 7. The highest BCUT2D eigenvalue weighted by Crippen LogP contribution is 2.71. The largest absolute Gasteiger partial charge is 0.431 e. The zero-order valence-electron chi connectivity index (χ0n) is 21.9. The summed E-state index contributed by atoms with van der Waals surface area (Å²) in [5.74, 6) is 0.692. The van der Waals surface area contributed by atoms with Gasteiger partial charge in [0, 0.05) is 43.2 Å². The van der Waals surface area contributed by atoms with Crippen molar-refractivity contribution in [1.29, 1.82) is 0 Å². The van der Waals surface area contributed by atoms with Crippen LogP contribution in [0.3, 0.4) is 0 Å². The highest BCUT2D eigenvalue weighted by Gasteiger charge is 2.70. The van der Waals surface area contributed by atoms with Gasteiger partial charge in [-0.15, -0.1) is 0 Å². The van der Waals surface area contributed by atoms with Crippen molar-refractivity contribution in [3.8, 4) is 0 Å². The van der Waals surface area contributed by atoms with E-state index in [1.807, 2.05) is 6.07 Å². The Morgan fingerprint density at radius 1 is 1.03 bits per heavy atom. The molecule has 2 heterocycles. The van der Waals surface area contributed by atoms with E-state index in [-0.39, 0.29) is 40.9 Å². The number of nitrogens with one attached hydrogen (secondary N) is 1. The first-order valence-electron chi connectivity index (χ1n) is 14.3. The predicted octanol–water partition coefficient (Wildman–Crippen LogP) is 2.63. The van der Waals surface area contributed by atoms with Crippen LogP contribution in [-0.2, 0) is 0 Å². The molecular weight excluding hydrogens is 456 g/mol. The molecule has 1 aromatic rings. The minimum Gasteiger partial charge on any atom is -0.431 e. The first-order valence-corrected chi connectivity index (χ1v) is 14.3. The Kier molecular flexibility index (Phi) is 6.01. The fourth-order valence-electron chi connectivity index (χ4n) is 9.92. The van der Waals surface area contributed by atoms with Crippen LogP contribution in [-0.4, -0.2) is 69.7 Å². The summed E-state index contributed by atoms with van der Waals surface area (Å²) in [7, 11) is 0. The zero-order valence-corrected chi connectivity index (χ0v) is 21.9. The third-order valence-electron chi connectivity index (χ3n) is 12.1. The van der Waals surface area contributed by atoms with Crippen molar-refractivity contribution >= 4 is 0 Å². The van der Waals surface area contributed by atoms with E-state index in [1.165, 1.54) is 6.07 Å². The van der Waals surface area contributed by atoms with Gasteiger partial charge in [-0.1, -0.05) is 13.8 Å². The second-order valence-corrected chi connectivity index (χ2v) is 13.3. The number of hydrogen-bond donors (Lipinski definition) is 4. The lowest BCUT2D eigenvalue weighted by molar-refractivity contribution is -0.251. The zero-order chi connectivity index (χ0) is 25.3. The molecule has 6 rings (SSSR count). The number of piperazine rings is 1. The molecule has 9 atom stereocenters.